The van der Waals surface area contributed by atoms with Crippen molar-refractivity contribution >= 4 is 73.3 Å². The molecule has 1 unspecified atom stereocenters. The van der Waals surface area contributed by atoms with Crippen LogP contribution >= 0.6 is 25.7 Å². The normalized spacial score (nSPS) is 30.5. The van der Waals surface area contributed by atoms with E-state index in [1.807, 2.05) is 0 Å². The zero-order valence-corrected chi connectivity index (χ0v) is 34.2. The molecule has 30 heteroatoms. The standard InChI is InChI=1S/C31H34BF2N13O11P2S/c32-59(50)52-8-16-24(20(34)29(55-16)46-12-40-21-25(35)38-11-39-26(21)46)58-60(51,61-10-14-3-5-15(6-4-14)54-18(48)2-1-7-42-45-37)53-9-17-23(57-59)19(33)30(56-17)47-13-41-22-27(47)43-31(36)44-28(22)49/h3-6,11-13,16-17,19-20,23-24,29-30H,1-2,7-10,32H2,(H2,35,38,39)(H3,36,43,44,49)/t16-,17-,19-,20-,23-,24-,29-,30-,59?,60+/m1/s1. The number of nitrogens with zero attached hydrogens (tertiary/aromatic N) is 10. The fraction of sp³-hybridized carbons (Fsp3) is 0.452. The summed E-state index contributed by atoms with van der Waals surface area (Å²) < 4.78 is 105. The van der Waals surface area contributed by atoms with E-state index in [1.54, 1.807) is 12.1 Å². The first kappa shape index (κ1) is 42.7. The van der Waals surface area contributed by atoms with E-state index in [4.69, 9.17) is 49.3 Å². The number of esters is 1. The molecule has 3 aliphatic heterocycles. The third-order valence-corrected chi connectivity index (χ3v) is 14.5. The third-order valence-electron chi connectivity index (χ3n) is 9.60. The lowest BCUT2D eigenvalue weighted by Crippen LogP contribution is -2.37. The summed E-state index contributed by atoms with van der Waals surface area (Å²) in [5.41, 5.74) is 19.9. The molecule has 0 spiro atoms. The van der Waals surface area contributed by atoms with Crippen LogP contribution < -0.4 is 21.8 Å². The van der Waals surface area contributed by atoms with E-state index in [1.165, 1.54) is 23.0 Å². The maximum atomic E-state index is 16.8. The number of benzene rings is 1. The van der Waals surface area contributed by atoms with Gasteiger partial charge in [0, 0.05) is 23.6 Å². The first-order chi connectivity index (χ1) is 29.2. The zero-order chi connectivity index (χ0) is 43.1. The summed E-state index contributed by atoms with van der Waals surface area (Å²) in [6, 6.07) is 6.17. The van der Waals surface area contributed by atoms with Crippen molar-refractivity contribution in [2.45, 2.75) is 67.8 Å². The maximum absolute atomic E-state index is 16.8. The number of nitrogens with two attached hydrogens (primary N) is 2. The van der Waals surface area contributed by atoms with Crippen molar-refractivity contribution in [2.75, 3.05) is 31.2 Å². The lowest BCUT2D eigenvalue weighted by molar-refractivity contribution is -0.134. The summed E-state index contributed by atoms with van der Waals surface area (Å²) in [5.74, 6) is -0.664. The molecule has 5 aromatic rings. The fourth-order valence-corrected chi connectivity index (χ4v) is 11.3. The number of alkyl halides is 2. The molecule has 0 aliphatic carbocycles. The van der Waals surface area contributed by atoms with Gasteiger partial charge >= 0.3 is 12.8 Å². The number of aromatic amines is 1. The van der Waals surface area contributed by atoms with Crippen molar-refractivity contribution in [2.24, 2.45) is 5.11 Å². The van der Waals surface area contributed by atoms with E-state index in [9.17, 15) is 18.7 Å². The number of carbonyl (C=O) groups excluding carboxylic acids is 1. The fourth-order valence-electron chi connectivity index (χ4n) is 6.74. The molecule has 10 atom stereocenters. The number of nitrogen functional groups attached to an aromatic ring is 2. The minimum Gasteiger partial charge on any atom is -0.427 e. The molecule has 3 fully saturated rings. The Morgan fingerprint density at radius 1 is 0.984 bits per heavy atom. The van der Waals surface area contributed by atoms with Gasteiger partial charge in [-0.3, -0.25) is 37.3 Å². The number of halogens is 2. The molecule has 0 saturated carbocycles. The highest BCUT2D eigenvalue weighted by atomic mass is 32.7. The molecule has 61 heavy (non-hydrogen) atoms. The topological polar surface area (TPSA) is 324 Å². The Morgan fingerprint density at radius 3 is 2.34 bits per heavy atom. The van der Waals surface area contributed by atoms with Crippen molar-refractivity contribution in [1.29, 1.82) is 0 Å². The van der Waals surface area contributed by atoms with Crippen LogP contribution in [-0.2, 0) is 47.2 Å². The van der Waals surface area contributed by atoms with E-state index in [2.05, 4.69) is 39.9 Å². The molecule has 8 rings (SSSR count). The highest BCUT2D eigenvalue weighted by molar-refractivity contribution is 8.54. The van der Waals surface area contributed by atoms with E-state index < -0.39 is 88.2 Å². The SMILES string of the molecule is BP1(=O)OC[C@H]2O[C@@H](n3cnc4c(N)ncnc43)[C@H](F)[C@@H]2O[P@@](=O)(SCc2ccc(OC(=O)CCCN=[N+]=[N-])cc2)OC[C@H]2O[C@@H](n3cnc4c(=O)[nH]c(N)nc43)[C@H](F)[C@@H]2O1. The lowest BCUT2D eigenvalue weighted by Gasteiger charge is -2.30. The highest BCUT2D eigenvalue weighted by Gasteiger charge is 2.54. The molecule has 1 aromatic carbocycles. The largest absolute Gasteiger partial charge is 0.427 e. The number of imidazole rings is 2. The number of rotatable bonds is 10. The van der Waals surface area contributed by atoms with Crippen LogP contribution in [0.4, 0.5) is 20.5 Å². The minimum atomic E-state index is -4.55. The van der Waals surface area contributed by atoms with E-state index in [-0.39, 0.29) is 58.6 Å². The quantitative estimate of drug-likeness (QED) is 0.0265. The summed E-state index contributed by atoms with van der Waals surface area (Å²) in [6.45, 7) is -5.80. The number of azide groups is 1. The van der Waals surface area contributed by atoms with Crippen LogP contribution in [0.2, 0.25) is 0 Å². The molecule has 322 valence electrons. The minimum absolute atomic E-state index is 0.0151. The van der Waals surface area contributed by atoms with E-state index in [0.29, 0.717) is 23.4 Å². The molecule has 3 aliphatic rings. The summed E-state index contributed by atoms with van der Waals surface area (Å²) in [4.78, 5) is 49.9. The van der Waals surface area contributed by atoms with Crippen LogP contribution in [0.3, 0.4) is 0 Å². The Balaban J connectivity index is 1.07. The molecule has 5 N–H and O–H groups in total. The van der Waals surface area contributed by atoms with Crippen molar-refractivity contribution in [1.82, 2.24) is 39.0 Å². The van der Waals surface area contributed by atoms with Crippen LogP contribution in [0.15, 0.2) is 53.2 Å². The monoisotopic (exact) mass is 907 g/mol. The molecule has 24 nitrogen and oxygen atoms in total. The molecule has 7 heterocycles. The van der Waals surface area contributed by atoms with Gasteiger partial charge in [0.2, 0.25) is 5.95 Å². The van der Waals surface area contributed by atoms with Gasteiger partial charge in [0.1, 0.15) is 42.0 Å². The summed E-state index contributed by atoms with van der Waals surface area (Å²) in [5, 5.41) is 3.38. The van der Waals surface area contributed by atoms with Gasteiger partial charge in [-0.25, -0.2) is 33.3 Å². The van der Waals surface area contributed by atoms with Crippen molar-refractivity contribution < 1.29 is 55.0 Å². The van der Waals surface area contributed by atoms with Crippen molar-refractivity contribution in [3.63, 3.8) is 0 Å². The number of carbonyl (C=O) groups is 1. The van der Waals surface area contributed by atoms with E-state index >= 15 is 8.78 Å². The Hall–Kier alpha value is -5.01. The number of nitrogens with one attached hydrogen (secondary N) is 1. The summed E-state index contributed by atoms with van der Waals surface area (Å²) >= 11 is 0.654. The predicted octanol–water partition coefficient (Wildman–Crippen LogP) is 3.19. The van der Waals surface area contributed by atoms with Crippen LogP contribution in [0.25, 0.3) is 32.8 Å². The number of hydrogen-bond donors (Lipinski definition) is 3. The molecular weight excluding hydrogens is 873 g/mol. The van der Waals surface area contributed by atoms with Gasteiger partial charge in [-0.1, -0.05) is 17.2 Å². The zero-order valence-electron chi connectivity index (χ0n) is 31.6. The Bertz CT molecular complexity index is 2660. The van der Waals surface area contributed by atoms with Crippen LogP contribution in [0.1, 0.15) is 30.9 Å². The second-order valence-electron chi connectivity index (χ2n) is 13.8. The number of aromatic nitrogens is 8. The smallest absolute Gasteiger partial charge is 0.389 e. The lowest BCUT2D eigenvalue weighted by atomic mass is 10.1. The van der Waals surface area contributed by atoms with Gasteiger partial charge in [0.25, 0.3) is 20.6 Å². The van der Waals surface area contributed by atoms with Gasteiger partial charge < -0.3 is 34.7 Å². The molecule has 3 saturated heterocycles. The predicted molar refractivity (Wildman–Crippen MR) is 212 cm³/mol. The number of ether oxygens (including phenoxy) is 3. The molecule has 4 aromatic heterocycles. The Labute approximate surface area is 346 Å². The van der Waals surface area contributed by atoms with Gasteiger partial charge in [0.05, 0.1) is 25.9 Å². The number of H-pyrrole nitrogens is 1. The first-order valence-electron chi connectivity index (χ1n) is 18.3. The average molecular weight is 908 g/mol. The van der Waals surface area contributed by atoms with E-state index in [0.717, 1.165) is 24.8 Å². The van der Waals surface area contributed by atoms with Gasteiger partial charge in [-0.2, -0.15) is 4.98 Å². The average Bonchev–Trinajstić information content (AvgIpc) is 3.99. The van der Waals surface area contributed by atoms with Gasteiger partial charge in [-0.15, -0.1) is 0 Å². The van der Waals surface area contributed by atoms with Crippen molar-refractivity contribution in [3.8, 4) is 5.75 Å². The van der Waals surface area contributed by atoms with Crippen LogP contribution in [-0.4, -0.2) is 109 Å². The molecule has 0 amide bonds. The summed E-state index contributed by atoms with van der Waals surface area (Å²) in [7, 11) is -3.17. The summed E-state index contributed by atoms with van der Waals surface area (Å²) in [6.07, 6.45) is -9.84. The maximum Gasteiger partial charge on any atom is 0.389 e. The van der Waals surface area contributed by atoms with Crippen LogP contribution in [0.5, 0.6) is 5.75 Å². The first-order valence-corrected chi connectivity index (χ1v) is 23.4. The van der Waals surface area contributed by atoms with Gasteiger partial charge in [0.15, 0.2) is 47.4 Å². The molecule has 0 radical (unpaired) electrons. The second kappa shape index (κ2) is 17.4. The highest BCUT2D eigenvalue weighted by Crippen LogP contribution is 2.65. The third kappa shape index (κ3) is 9.00. The second-order valence-corrected chi connectivity index (χ2v) is 19.8. The number of anilines is 2. The Morgan fingerprint density at radius 2 is 1.64 bits per heavy atom. The van der Waals surface area contributed by atoms with Crippen molar-refractivity contribution in [3.05, 3.63) is 69.6 Å². The van der Waals surface area contributed by atoms with Crippen LogP contribution in [0, 0.1) is 0 Å². The molecular formula is C31H34BF2N13O11P2S. The Kier molecular flexibility index (Phi) is 12.2. The molecule has 0 bridgehead atoms. The number of fused-ring (bicyclic) bond motifs is 4. The number of hydrogen-bond acceptors (Lipinski definition) is 20. The van der Waals surface area contributed by atoms with Gasteiger partial charge in [-0.05, 0) is 41.0 Å².